The van der Waals surface area contributed by atoms with Gasteiger partial charge in [-0.2, -0.15) is 0 Å². The molecule has 0 aromatic carbocycles. The van der Waals surface area contributed by atoms with Crippen LogP contribution in [0, 0.1) is 0 Å². The van der Waals surface area contributed by atoms with Crippen molar-refractivity contribution in [2.45, 2.75) is 38.1 Å². The van der Waals surface area contributed by atoms with Crippen molar-refractivity contribution in [1.29, 1.82) is 0 Å². The predicted molar refractivity (Wildman–Crippen MR) is 67.5 cm³/mol. The van der Waals surface area contributed by atoms with Crippen molar-refractivity contribution in [2.24, 2.45) is 5.73 Å². The summed E-state index contributed by atoms with van der Waals surface area (Å²) in [4.78, 5) is 6.83. The monoisotopic (exact) mass is 219 g/mol. The van der Waals surface area contributed by atoms with Crippen LogP contribution in [0.4, 0.5) is 5.82 Å². The van der Waals surface area contributed by atoms with E-state index < -0.39 is 0 Å². The number of nitrogens with zero attached hydrogens (tertiary/aromatic N) is 2. The Balaban J connectivity index is 2.09. The van der Waals surface area contributed by atoms with Crippen molar-refractivity contribution in [3.63, 3.8) is 0 Å². The van der Waals surface area contributed by atoms with Crippen LogP contribution in [0.3, 0.4) is 0 Å². The summed E-state index contributed by atoms with van der Waals surface area (Å²) in [6.45, 7) is 1.62. The third-order valence-electron chi connectivity index (χ3n) is 3.33. The van der Waals surface area contributed by atoms with Gasteiger partial charge in [-0.1, -0.05) is 25.3 Å². The molecular formula is C13H21N3. The molecule has 1 aromatic heterocycles. The van der Waals surface area contributed by atoms with Gasteiger partial charge in [0.05, 0.1) is 0 Å². The molecule has 88 valence electrons. The van der Waals surface area contributed by atoms with E-state index >= 15 is 0 Å². The van der Waals surface area contributed by atoms with Gasteiger partial charge >= 0.3 is 0 Å². The van der Waals surface area contributed by atoms with E-state index in [1.54, 1.807) is 0 Å². The van der Waals surface area contributed by atoms with Gasteiger partial charge in [-0.25, -0.2) is 4.98 Å². The lowest BCUT2D eigenvalue weighted by Gasteiger charge is -2.35. The maximum atomic E-state index is 5.70. The highest BCUT2D eigenvalue weighted by Gasteiger charge is 2.21. The summed E-state index contributed by atoms with van der Waals surface area (Å²) < 4.78 is 0. The quantitative estimate of drug-likeness (QED) is 0.844. The third-order valence-corrected chi connectivity index (χ3v) is 3.33. The van der Waals surface area contributed by atoms with E-state index in [1.165, 1.54) is 32.1 Å². The Morgan fingerprint density at radius 3 is 2.69 bits per heavy atom. The Hall–Kier alpha value is -1.09. The van der Waals surface area contributed by atoms with Crippen molar-refractivity contribution < 1.29 is 0 Å². The molecule has 1 saturated carbocycles. The molecule has 1 heterocycles. The summed E-state index contributed by atoms with van der Waals surface area (Å²) in [6, 6.07) is 6.75. The first-order chi connectivity index (χ1) is 7.92. The highest BCUT2D eigenvalue weighted by atomic mass is 15.2. The first-order valence-corrected chi connectivity index (χ1v) is 6.29. The average Bonchev–Trinajstić information content (AvgIpc) is 2.38. The van der Waals surface area contributed by atoms with E-state index in [4.69, 9.17) is 5.73 Å². The first-order valence-electron chi connectivity index (χ1n) is 6.29. The van der Waals surface area contributed by atoms with Crippen molar-refractivity contribution in [2.75, 3.05) is 18.0 Å². The Bertz CT molecular complexity index is 293. The highest BCUT2D eigenvalue weighted by Crippen LogP contribution is 2.25. The number of aromatic nitrogens is 1. The Labute approximate surface area is 97.7 Å². The van der Waals surface area contributed by atoms with Gasteiger partial charge < -0.3 is 10.6 Å². The zero-order chi connectivity index (χ0) is 11.2. The SMILES string of the molecule is NCCN(c1ccccn1)C1CCCCC1. The fraction of sp³-hybridized carbons (Fsp3) is 0.615. The lowest BCUT2D eigenvalue weighted by molar-refractivity contribution is 0.414. The molecule has 0 aliphatic heterocycles. The van der Waals surface area contributed by atoms with Crippen LogP contribution in [0.2, 0.25) is 0 Å². The fourth-order valence-electron chi connectivity index (χ4n) is 2.54. The molecule has 16 heavy (non-hydrogen) atoms. The van der Waals surface area contributed by atoms with Crippen LogP contribution < -0.4 is 10.6 Å². The van der Waals surface area contributed by atoms with Crippen LogP contribution >= 0.6 is 0 Å². The van der Waals surface area contributed by atoms with Crippen LogP contribution in [-0.2, 0) is 0 Å². The summed E-state index contributed by atoms with van der Waals surface area (Å²) in [6.07, 6.45) is 8.52. The van der Waals surface area contributed by atoms with Crippen LogP contribution in [0.25, 0.3) is 0 Å². The molecule has 2 N–H and O–H groups in total. The number of hydrogen-bond acceptors (Lipinski definition) is 3. The molecule has 1 aliphatic carbocycles. The molecule has 0 bridgehead atoms. The van der Waals surface area contributed by atoms with Crippen molar-refractivity contribution in [3.8, 4) is 0 Å². The normalized spacial score (nSPS) is 17.3. The second-order valence-corrected chi connectivity index (χ2v) is 4.46. The van der Waals surface area contributed by atoms with Crippen LogP contribution in [0.5, 0.6) is 0 Å². The lowest BCUT2D eigenvalue weighted by atomic mass is 9.94. The minimum absolute atomic E-state index is 0.646. The van der Waals surface area contributed by atoms with E-state index in [0.29, 0.717) is 12.6 Å². The number of anilines is 1. The Kier molecular flexibility index (Phi) is 4.17. The minimum Gasteiger partial charge on any atom is -0.352 e. The molecule has 1 fully saturated rings. The first kappa shape index (κ1) is 11.4. The molecule has 2 rings (SSSR count). The van der Waals surface area contributed by atoms with Gasteiger partial charge in [0.15, 0.2) is 0 Å². The zero-order valence-electron chi connectivity index (χ0n) is 9.81. The van der Waals surface area contributed by atoms with Gasteiger partial charge in [-0.05, 0) is 25.0 Å². The zero-order valence-corrected chi connectivity index (χ0v) is 9.81. The molecule has 3 heteroatoms. The summed E-state index contributed by atoms with van der Waals surface area (Å²) >= 11 is 0. The fourth-order valence-corrected chi connectivity index (χ4v) is 2.54. The number of nitrogens with two attached hydrogens (primary N) is 1. The molecule has 0 atom stereocenters. The van der Waals surface area contributed by atoms with Crippen LogP contribution in [0.15, 0.2) is 24.4 Å². The van der Waals surface area contributed by atoms with Crippen molar-refractivity contribution >= 4 is 5.82 Å². The summed E-state index contributed by atoms with van der Waals surface area (Å²) in [5, 5.41) is 0. The molecule has 0 amide bonds. The molecule has 0 saturated heterocycles. The predicted octanol–water partition coefficient (Wildman–Crippen LogP) is 2.18. The molecule has 0 unspecified atom stereocenters. The summed E-state index contributed by atoms with van der Waals surface area (Å²) in [5.41, 5.74) is 5.70. The van der Waals surface area contributed by atoms with E-state index in [0.717, 1.165) is 12.4 Å². The number of rotatable bonds is 4. The Morgan fingerprint density at radius 2 is 2.06 bits per heavy atom. The average molecular weight is 219 g/mol. The van der Waals surface area contributed by atoms with E-state index in [2.05, 4.69) is 22.0 Å². The van der Waals surface area contributed by atoms with Crippen molar-refractivity contribution in [3.05, 3.63) is 24.4 Å². The van der Waals surface area contributed by atoms with Gasteiger partial charge in [0.2, 0.25) is 0 Å². The van der Waals surface area contributed by atoms with E-state index in [1.807, 2.05) is 12.3 Å². The topological polar surface area (TPSA) is 42.1 Å². The largest absolute Gasteiger partial charge is 0.352 e. The van der Waals surface area contributed by atoms with Crippen LogP contribution in [-0.4, -0.2) is 24.1 Å². The van der Waals surface area contributed by atoms with Gasteiger partial charge in [0.25, 0.3) is 0 Å². The maximum Gasteiger partial charge on any atom is 0.128 e. The van der Waals surface area contributed by atoms with E-state index in [9.17, 15) is 0 Å². The molecular weight excluding hydrogens is 198 g/mol. The van der Waals surface area contributed by atoms with Crippen molar-refractivity contribution in [1.82, 2.24) is 4.98 Å². The summed E-state index contributed by atoms with van der Waals surface area (Å²) in [7, 11) is 0. The van der Waals surface area contributed by atoms with Gasteiger partial charge in [0, 0.05) is 25.3 Å². The smallest absolute Gasteiger partial charge is 0.128 e. The lowest BCUT2D eigenvalue weighted by Crippen LogP contribution is -2.40. The Morgan fingerprint density at radius 1 is 1.25 bits per heavy atom. The third kappa shape index (κ3) is 2.73. The molecule has 3 nitrogen and oxygen atoms in total. The highest BCUT2D eigenvalue weighted by molar-refractivity contribution is 5.39. The molecule has 0 radical (unpaired) electrons. The second kappa shape index (κ2) is 5.85. The maximum absolute atomic E-state index is 5.70. The molecule has 0 spiro atoms. The second-order valence-electron chi connectivity index (χ2n) is 4.46. The summed E-state index contributed by atoms with van der Waals surface area (Å²) in [5.74, 6) is 1.08. The number of pyridine rings is 1. The van der Waals surface area contributed by atoms with Gasteiger partial charge in [0.1, 0.15) is 5.82 Å². The van der Waals surface area contributed by atoms with Gasteiger partial charge in [-0.3, -0.25) is 0 Å². The number of hydrogen-bond donors (Lipinski definition) is 1. The standard InChI is InChI=1S/C13H21N3/c14-9-11-16(12-6-2-1-3-7-12)13-8-4-5-10-15-13/h4-5,8,10,12H,1-3,6-7,9,11,14H2. The van der Waals surface area contributed by atoms with Gasteiger partial charge in [-0.15, -0.1) is 0 Å². The molecule has 1 aromatic rings. The minimum atomic E-state index is 0.646. The van der Waals surface area contributed by atoms with Crippen LogP contribution in [0.1, 0.15) is 32.1 Å². The molecule has 1 aliphatic rings. The van der Waals surface area contributed by atoms with E-state index in [-0.39, 0.29) is 0 Å².